The fraction of sp³-hybridized carbons (Fsp3) is 0.375. The molecule has 6 nitrogen and oxygen atoms in total. The molecule has 0 aliphatic carbocycles. The zero-order valence-corrected chi connectivity index (χ0v) is 14.0. The summed E-state index contributed by atoms with van der Waals surface area (Å²) < 4.78 is 0. The summed E-state index contributed by atoms with van der Waals surface area (Å²) in [5.41, 5.74) is 0.618. The van der Waals surface area contributed by atoms with Crippen LogP contribution in [0.3, 0.4) is 0 Å². The van der Waals surface area contributed by atoms with E-state index in [0.717, 1.165) is 5.01 Å². The standard InChI is InChI=1S/C16H20N4O2S/c1-11(2)15-19-20-16(23-15)18-13(21)9-6-10-17-14(22)12-7-4-3-5-8-12/h3-5,7-8,11H,6,9-10H2,1-2H3,(H,17,22)(H,18,20,21). The molecule has 0 aliphatic rings. The normalized spacial score (nSPS) is 10.6. The van der Waals surface area contributed by atoms with Crippen LogP contribution in [0.2, 0.25) is 0 Å². The van der Waals surface area contributed by atoms with E-state index in [1.165, 1.54) is 11.3 Å². The molecule has 122 valence electrons. The largest absolute Gasteiger partial charge is 0.352 e. The fourth-order valence-corrected chi connectivity index (χ4v) is 2.60. The Morgan fingerprint density at radius 3 is 2.57 bits per heavy atom. The van der Waals surface area contributed by atoms with E-state index in [1.807, 2.05) is 32.0 Å². The molecule has 2 aromatic rings. The minimum Gasteiger partial charge on any atom is -0.352 e. The van der Waals surface area contributed by atoms with Gasteiger partial charge in [0, 0.05) is 24.4 Å². The topological polar surface area (TPSA) is 84.0 Å². The summed E-state index contributed by atoms with van der Waals surface area (Å²) in [6.07, 6.45) is 0.895. The van der Waals surface area contributed by atoms with Crippen molar-refractivity contribution in [2.75, 3.05) is 11.9 Å². The summed E-state index contributed by atoms with van der Waals surface area (Å²) in [4.78, 5) is 23.6. The van der Waals surface area contributed by atoms with Crippen LogP contribution in [-0.2, 0) is 4.79 Å². The van der Waals surface area contributed by atoms with Gasteiger partial charge in [-0.15, -0.1) is 10.2 Å². The number of carbonyl (C=O) groups is 2. The predicted octanol–water partition coefficient (Wildman–Crippen LogP) is 2.81. The first-order valence-electron chi connectivity index (χ1n) is 7.52. The van der Waals surface area contributed by atoms with Gasteiger partial charge in [-0.1, -0.05) is 43.4 Å². The Hall–Kier alpha value is -2.28. The van der Waals surface area contributed by atoms with Crippen LogP contribution >= 0.6 is 11.3 Å². The first-order chi connectivity index (χ1) is 11.1. The third-order valence-electron chi connectivity index (χ3n) is 3.08. The van der Waals surface area contributed by atoms with Crippen molar-refractivity contribution in [2.45, 2.75) is 32.6 Å². The molecule has 0 spiro atoms. The second-order valence-electron chi connectivity index (χ2n) is 5.37. The van der Waals surface area contributed by atoms with Gasteiger partial charge in [0.15, 0.2) is 0 Å². The van der Waals surface area contributed by atoms with Crippen LogP contribution in [0.15, 0.2) is 30.3 Å². The molecule has 0 unspecified atom stereocenters. The molecule has 2 rings (SSSR count). The van der Waals surface area contributed by atoms with Crippen LogP contribution in [0.25, 0.3) is 0 Å². The highest BCUT2D eigenvalue weighted by molar-refractivity contribution is 7.15. The van der Waals surface area contributed by atoms with Gasteiger partial charge in [0.25, 0.3) is 5.91 Å². The number of hydrogen-bond acceptors (Lipinski definition) is 5. The maximum atomic E-state index is 11.8. The van der Waals surface area contributed by atoms with Crippen molar-refractivity contribution < 1.29 is 9.59 Å². The quantitative estimate of drug-likeness (QED) is 0.764. The number of nitrogens with one attached hydrogen (secondary N) is 2. The van der Waals surface area contributed by atoms with Crippen LogP contribution in [0, 0.1) is 0 Å². The molecule has 23 heavy (non-hydrogen) atoms. The van der Waals surface area contributed by atoms with Crippen molar-refractivity contribution in [2.24, 2.45) is 0 Å². The Morgan fingerprint density at radius 2 is 1.91 bits per heavy atom. The van der Waals surface area contributed by atoms with Crippen LogP contribution in [-0.4, -0.2) is 28.6 Å². The highest BCUT2D eigenvalue weighted by Crippen LogP contribution is 2.22. The molecular formula is C16H20N4O2S. The second-order valence-corrected chi connectivity index (χ2v) is 6.38. The van der Waals surface area contributed by atoms with E-state index in [4.69, 9.17) is 0 Å². The Morgan fingerprint density at radius 1 is 1.17 bits per heavy atom. The fourth-order valence-electron chi connectivity index (χ4n) is 1.84. The van der Waals surface area contributed by atoms with Gasteiger partial charge >= 0.3 is 0 Å². The van der Waals surface area contributed by atoms with Crippen molar-refractivity contribution in [3.63, 3.8) is 0 Å². The van der Waals surface area contributed by atoms with Gasteiger partial charge in [0.1, 0.15) is 5.01 Å². The van der Waals surface area contributed by atoms with Crippen LogP contribution in [0.1, 0.15) is 48.0 Å². The minimum absolute atomic E-state index is 0.120. The maximum absolute atomic E-state index is 11.8. The van der Waals surface area contributed by atoms with E-state index in [2.05, 4.69) is 20.8 Å². The van der Waals surface area contributed by atoms with Gasteiger partial charge in [0.2, 0.25) is 11.0 Å². The number of carbonyl (C=O) groups excluding carboxylic acids is 2. The van der Waals surface area contributed by atoms with E-state index in [1.54, 1.807) is 12.1 Å². The van der Waals surface area contributed by atoms with Gasteiger partial charge in [-0.3, -0.25) is 9.59 Å². The lowest BCUT2D eigenvalue weighted by Gasteiger charge is -2.05. The molecule has 0 bridgehead atoms. The molecule has 0 radical (unpaired) electrons. The maximum Gasteiger partial charge on any atom is 0.251 e. The number of nitrogens with zero attached hydrogens (tertiary/aromatic N) is 2. The summed E-state index contributed by atoms with van der Waals surface area (Å²) in [6, 6.07) is 9.00. The molecule has 2 amide bonds. The number of rotatable bonds is 7. The lowest BCUT2D eigenvalue weighted by molar-refractivity contribution is -0.116. The number of aromatic nitrogens is 2. The average molecular weight is 332 g/mol. The molecule has 1 aromatic heterocycles. The van der Waals surface area contributed by atoms with Crippen molar-refractivity contribution in [1.82, 2.24) is 15.5 Å². The van der Waals surface area contributed by atoms with E-state index in [-0.39, 0.29) is 11.8 Å². The molecule has 1 heterocycles. The van der Waals surface area contributed by atoms with E-state index in [9.17, 15) is 9.59 Å². The third kappa shape index (κ3) is 5.45. The number of benzene rings is 1. The summed E-state index contributed by atoms with van der Waals surface area (Å²) >= 11 is 1.39. The molecule has 7 heteroatoms. The van der Waals surface area contributed by atoms with E-state index >= 15 is 0 Å². The van der Waals surface area contributed by atoms with Crippen LogP contribution in [0.4, 0.5) is 5.13 Å². The molecule has 1 aromatic carbocycles. The lowest BCUT2D eigenvalue weighted by Crippen LogP contribution is -2.25. The minimum atomic E-state index is -0.128. The molecule has 0 saturated heterocycles. The van der Waals surface area contributed by atoms with Gasteiger partial charge < -0.3 is 10.6 Å². The summed E-state index contributed by atoms with van der Waals surface area (Å²) in [5.74, 6) is 0.0495. The zero-order valence-electron chi connectivity index (χ0n) is 13.2. The highest BCUT2D eigenvalue weighted by atomic mass is 32.1. The molecule has 0 saturated carbocycles. The number of hydrogen-bond donors (Lipinski definition) is 2. The molecular weight excluding hydrogens is 312 g/mol. The second kappa shape index (κ2) is 8.38. The predicted molar refractivity (Wildman–Crippen MR) is 90.6 cm³/mol. The van der Waals surface area contributed by atoms with Crippen molar-refractivity contribution in [3.8, 4) is 0 Å². The first kappa shape index (κ1) is 17.1. The Kier molecular flexibility index (Phi) is 6.22. The van der Waals surface area contributed by atoms with Crippen molar-refractivity contribution in [1.29, 1.82) is 0 Å². The third-order valence-corrected chi connectivity index (χ3v) is 4.22. The monoisotopic (exact) mass is 332 g/mol. The Bertz CT molecular complexity index is 655. The smallest absolute Gasteiger partial charge is 0.251 e. The summed E-state index contributed by atoms with van der Waals surface area (Å²) in [7, 11) is 0. The van der Waals surface area contributed by atoms with E-state index in [0.29, 0.717) is 36.0 Å². The van der Waals surface area contributed by atoms with Gasteiger partial charge in [-0.25, -0.2) is 0 Å². The average Bonchev–Trinajstić information content (AvgIpc) is 3.01. The zero-order chi connectivity index (χ0) is 16.7. The number of amides is 2. The summed E-state index contributed by atoms with van der Waals surface area (Å²) in [6.45, 7) is 4.51. The first-order valence-corrected chi connectivity index (χ1v) is 8.34. The van der Waals surface area contributed by atoms with Crippen molar-refractivity contribution >= 4 is 28.3 Å². The van der Waals surface area contributed by atoms with Crippen LogP contribution in [0.5, 0.6) is 0 Å². The van der Waals surface area contributed by atoms with Gasteiger partial charge in [-0.05, 0) is 18.6 Å². The summed E-state index contributed by atoms with van der Waals surface area (Å²) in [5, 5.41) is 14.9. The molecule has 2 N–H and O–H groups in total. The SMILES string of the molecule is CC(C)c1nnc(NC(=O)CCCNC(=O)c2ccccc2)s1. The number of anilines is 1. The van der Waals surface area contributed by atoms with Crippen molar-refractivity contribution in [3.05, 3.63) is 40.9 Å². The Labute approximate surface area is 139 Å². The lowest BCUT2D eigenvalue weighted by atomic mass is 10.2. The molecule has 0 fully saturated rings. The van der Waals surface area contributed by atoms with Gasteiger partial charge in [-0.2, -0.15) is 0 Å². The van der Waals surface area contributed by atoms with Crippen LogP contribution < -0.4 is 10.6 Å². The van der Waals surface area contributed by atoms with Gasteiger partial charge in [0.05, 0.1) is 0 Å². The highest BCUT2D eigenvalue weighted by Gasteiger charge is 2.10. The molecule has 0 atom stereocenters. The van der Waals surface area contributed by atoms with E-state index < -0.39 is 0 Å². The molecule has 0 aliphatic heterocycles. The Balaban J connectivity index is 1.67.